The molecular weight excluding hydrogens is 243 g/mol. The van der Waals surface area contributed by atoms with Gasteiger partial charge in [-0.3, -0.25) is 0 Å². The molecule has 2 heterocycles. The largest absolute Gasteiger partial charge is 0.449 e. The summed E-state index contributed by atoms with van der Waals surface area (Å²) < 4.78 is 40.3. The Balaban J connectivity index is 1.92. The lowest BCUT2D eigenvalue weighted by atomic mass is 10.2. The number of hydrogen-bond donors (Lipinski definition) is 1. The number of nitrogens with one attached hydrogen (secondary N) is 1. The van der Waals surface area contributed by atoms with Crippen LogP contribution in [0, 0.1) is 5.92 Å². The van der Waals surface area contributed by atoms with Crippen LogP contribution in [0.25, 0.3) is 0 Å². The molecule has 6 heteroatoms. The molecule has 1 aliphatic heterocycles. The van der Waals surface area contributed by atoms with Crippen molar-refractivity contribution in [2.24, 2.45) is 5.92 Å². The van der Waals surface area contributed by atoms with Crippen LogP contribution in [-0.4, -0.2) is 16.1 Å². The summed E-state index contributed by atoms with van der Waals surface area (Å²) in [6.07, 6.45) is -0.525. The lowest BCUT2D eigenvalue weighted by Crippen LogP contribution is -2.25. The monoisotopic (exact) mass is 259 g/mol. The first-order chi connectivity index (χ1) is 8.55. The van der Waals surface area contributed by atoms with E-state index in [1.165, 1.54) is 17.4 Å². The summed E-state index contributed by atoms with van der Waals surface area (Å²) in [5.41, 5.74) is 1.35. The second-order valence-corrected chi connectivity index (χ2v) is 5.14. The van der Waals surface area contributed by atoms with Crippen LogP contribution in [0.3, 0.4) is 0 Å². The highest BCUT2D eigenvalue weighted by Crippen LogP contribution is 2.35. The number of nitrogens with zero attached hydrogens (tertiary/aromatic N) is 2. The maximum absolute atomic E-state index is 13.0. The van der Waals surface area contributed by atoms with Crippen LogP contribution in [-0.2, 0) is 25.7 Å². The number of hydrogen-bond acceptors (Lipinski definition) is 2. The van der Waals surface area contributed by atoms with Crippen LogP contribution in [0.4, 0.5) is 13.2 Å². The molecule has 2 aliphatic rings. The summed E-state index contributed by atoms with van der Waals surface area (Å²) in [4.78, 5) is 3.80. The zero-order valence-electron chi connectivity index (χ0n) is 10.1. The van der Waals surface area contributed by atoms with Gasteiger partial charge in [0.25, 0.3) is 0 Å². The van der Waals surface area contributed by atoms with E-state index >= 15 is 0 Å². The van der Waals surface area contributed by atoms with Crippen molar-refractivity contribution in [1.82, 2.24) is 14.9 Å². The Morgan fingerprint density at radius 3 is 2.78 bits per heavy atom. The van der Waals surface area contributed by atoms with E-state index in [2.05, 4.69) is 10.3 Å². The number of fused-ring (bicyclic) bond motifs is 1. The quantitative estimate of drug-likeness (QED) is 0.903. The fourth-order valence-electron chi connectivity index (χ4n) is 2.55. The number of alkyl halides is 3. The summed E-state index contributed by atoms with van der Waals surface area (Å²) in [7, 11) is 0. The molecule has 0 unspecified atom stereocenters. The smallest absolute Gasteiger partial charge is 0.324 e. The van der Waals surface area contributed by atoms with E-state index in [9.17, 15) is 13.2 Å². The topological polar surface area (TPSA) is 29.9 Å². The van der Waals surface area contributed by atoms with Crippen LogP contribution in [0.1, 0.15) is 36.5 Å². The highest BCUT2D eigenvalue weighted by atomic mass is 19.4. The van der Waals surface area contributed by atoms with Gasteiger partial charge in [-0.1, -0.05) is 12.8 Å². The Labute approximate surface area is 103 Å². The zero-order chi connectivity index (χ0) is 12.8. The van der Waals surface area contributed by atoms with Crippen LogP contribution in [0.15, 0.2) is 0 Å². The van der Waals surface area contributed by atoms with Crippen molar-refractivity contribution in [1.29, 1.82) is 0 Å². The van der Waals surface area contributed by atoms with E-state index in [1.54, 1.807) is 0 Å². The summed E-state index contributed by atoms with van der Waals surface area (Å²) in [6.45, 7) is 1.65. The fraction of sp³-hybridized carbons (Fsp3) is 0.750. The van der Waals surface area contributed by atoms with Crippen molar-refractivity contribution in [3.8, 4) is 0 Å². The van der Waals surface area contributed by atoms with Gasteiger partial charge in [0.2, 0.25) is 5.82 Å². The molecule has 0 bridgehead atoms. The summed E-state index contributed by atoms with van der Waals surface area (Å²) in [6, 6.07) is 0. The van der Waals surface area contributed by atoms with Crippen molar-refractivity contribution in [3.05, 3.63) is 17.2 Å². The molecule has 0 atom stereocenters. The lowest BCUT2D eigenvalue weighted by molar-refractivity contribution is -0.147. The molecule has 100 valence electrons. The SMILES string of the molecule is FC(F)(F)c1nc2c(n1CCC1CC1)CCNC2. The third kappa shape index (κ3) is 2.25. The molecule has 1 N–H and O–H groups in total. The second-order valence-electron chi connectivity index (χ2n) is 5.14. The molecule has 3 rings (SSSR count). The molecule has 0 spiro atoms. The second kappa shape index (κ2) is 4.26. The summed E-state index contributed by atoms with van der Waals surface area (Å²) >= 11 is 0. The van der Waals surface area contributed by atoms with Crippen LogP contribution < -0.4 is 5.32 Å². The first-order valence-corrected chi connectivity index (χ1v) is 6.42. The van der Waals surface area contributed by atoms with Crippen molar-refractivity contribution in [3.63, 3.8) is 0 Å². The summed E-state index contributed by atoms with van der Waals surface area (Å²) in [5.74, 6) is -0.0808. The first-order valence-electron chi connectivity index (χ1n) is 6.42. The molecule has 1 aliphatic carbocycles. The Morgan fingerprint density at radius 1 is 1.33 bits per heavy atom. The van der Waals surface area contributed by atoms with E-state index < -0.39 is 12.0 Å². The maximum Gasteiger partial charge on any atom is 0.449 e. The highest BCUT2D eigenvalue weighted by molar-refractivity contribution is 5.21. The van der Waals surface area contributed by atoms with Gasteiger partial charge in [-0.25, -0.2) is 4.98 Å². The molecule has 18 heavy (non-hydrogen) atoms. The molecule has 1 saturated carbocycles. The van der Waals surface area contributed by atoms with Gasteiger partial charge in [0.05, 0.1) is 5.69 Å². The van der Waals surface area contributed by atoms with Gasteiger partial charge in [-0.2, -0.15) is 13.2 Å². The summed E-state index contributed by atoms with van der Waals surface area (Å²) in [5, 5.41) is 3.07. The molecule has 0 amide bonds. The van der Waals surface area contributed by atoms with Gasteiger partial charge in [-0.05, 0) is 12.3 Å². The van der Waals surface area contributed by atoms with E-state index in [-0.39, 0.29) is 0 Å². The average Bonchev–Trinajstić information content (AvgIpc) is 3.05. The van der Waals surface area contributed by atoms with Gasteiger partial charge < -0.3 is 9.88 Å². The van der Waals surface area contributed by atoms with Gasteiger partial charge in [-0.15, -0.1) is 0 Å². The van der Waals surface area contributed by atoms with Crippen molar-refractivity contribution < 1.29 is 13.2 Å². The third-order valence-corrected chi connectivity index (χ3v) is 3.70. The first kappa shape index (κ1) is 12.0. The Morgan fingerprint density at radius 2 is 2.11 bits per heavy atom. The van der Waals surface area contributed by atoms with Crippen LogP contribution in [0.5, 0.6) is 0 Å². The minimum atomic E-state index is -4.35. The molecule has 0 saturated heterocycles. The Kier molecular flexibility index (Phi) is 2.84. The fourth-order valence-corrected chi connectivity index (χ4v) is 2.55. The average molecular weight is 259 g/mol. The van der Waals surface area contributed by atoms with E-state index in [4.69, 9.17) is 0 Å². The highest BCUT2D eigenvalue weighted by Gasteiger charge is 2.39. The molecule has 0 aromatic carbocycles. The molecule has 0 radical (unpaired) electrons. The van der Waals surface area contributed by atoms with Gasteiger partial charge >= 0.3 is 6.18 Å². The van der Waals surface area contributed by atoms with Crippen molar-refractivity contribution >= 4 is 0 Å². The number of halogens is 3. The van der Waals surface area contributed by atoms with E-state index in [1.807, 2.05) is 0 Å². The van der Waals surface area contributed by atoms with Crippen LogP contribution in [0.2, 0.25) is 0 Å². The number of rotatable bonds is 3. The third-order valence-electron chi connectivity index (χ3n) is 3.70. The minimum Gasteiger partial charge on any atom is -0.324 e. The van der Waals surface area contributed by atoms with Gasteiger partial charge in [0.1, 0.15) is 0 Å². The van der Waals surface area contributed by atoms with Crippen molar-refractivity contribution in [2.45, 2.75) is 44.9 Å². The van der Waals surface area contributed by atoms with Crippen LogP contribution >= 0.6 is 0 Å². The van der Waals surface area contributed by atoms with Crippen molar-refractivity contribution in [2.75, 3.05) is 6.54 Å². The standard InChI is InChI=1S/C12H16F3N3/c13-12(14,15)11-17-9-7-16-5-3-10(9)18(11)6-4-8-1-2-8/h8,16H,1-7H2. The van der Waals surface area contributed by atoms with E-state index in [0.717, 1.165) is 18.7 Å². The Bertz CT molecular complexity index is 446. The number of imidazole rings is 1. The zero-order valence-corrected chi connectivity index (χ0v) is 10.1. The van der Waals surface area contributed by atoms with Gasteiger partial charge in [0.15, 0.2) is 0 Å². The predicted octanol–water partition coefficient (Wildman–Crippen LogP) is 2.35. The molecule has 1 aromatic heterocycles. The van der Waals surface area contributed by atoms with E-state index in [0.29, 0.717) is 31.1 Å². The lowest BCUT2D eigenvalue weighted by Gasteiger charge is -2.16. The maximum atomic E-state index is 13.0. The molecule has 3 nitrogen and oxygen atoms in total. The molecular formula is C12H16F3N3. The molecule has 1 fully saturated rings. The molecule has 1 aromatic rings. The predicted molar refractivity (Wildman–Crippen MR) is 60.0 cm³/mol. The normalized spacial score (nSPS) is 19.9. The van der Waals surface area contributed by atoms with Gasteiger partial charge in [0, 0.05) is 31.7 Å². The number of aromatic nitrogens is 2. The minimum absolute atomic E-state index is 0.453. The Hall–Kier alpha value is -1.04.